The molecule has 0 spiro atoms. The van der Waals surface area contributed by atoms with Gasteiger partial charge in [0.15, 0.2) is 0 Å². The zero-order valence-electron chi connectivity index (χ0n) is 7.29. The molecule has 2 N–H and O–H groups in total. The van der Waals surface area contributed by atoms with E-state index in [2.05, 4.69) is 17.1 Å². The van der Waals surface area contributed by atoms with Crippen molar-refractivity contribution in [1.29, 1.82) is 0 Å². The summed E-state index contributed by atoms with van der Waals surface area (Å²) >= 11 is 1.71. The zero-order chi connectivity index (χ0) is 8.69. The van der Waals surface area contributed by atoms with Crippen LogP contribution in [0.3, 0.4) is 0 Å². The van der Waals surface area contributed by atoms with E-state index >= 15 is 0 Å². The van der Waals surface area contributed by atoms with Gasteiger partial charge in [-0.05, 0) is 26.0 Å². The molecule has 0 aliphatic rings. The molecule has 0 rings (SSSR count). The molecule has 0 atom stereocenters. The molecule has 4 heteroatoms. The maximum Gasteiger partial charge on any atom is 0.119 e. The van der Waals surface area contributed by atoms with Gasteiger partial charge < -0.3 is 5.73 Å². The zero-order valence-corrected chi connectivity index (χ0v) is 8.11. The van der Waals surface area contributed by atoms with Crippen molar-refractivity contribution in [2.24, 2.45) is 15.9 Å². The highest BCUT2D eigenvalue weighted by molar-refractivity contribution is 8.13. The van der Waals surface area contributed by atoms with E-state index in [0.29, 0.717) is 5.84 Å². The van der Waals surface area contributed by atoms with E-state index < -0.39 is 0 Å². The molecule has 0 bridgehead atoms. The van der Waals surface area contributed by atoms with Crippen molar-refractivity contribution < 1.29 is 0 Å². The van der Waals surface area contributed by atoms with Crippen molar-refractivity contribution in [3.63, 3.8) is 0 Å². The van der Waals surface area contributed by atoms with Crippen molar-refractivity contribution in [1.82, 2.24) is 0 Å². The minimum atomic E-state index is 0.501. The maximum absolute atomic E-state index is 5.30. The Labute approximate surface area is 72.2 Å². The fourth-order valence-electron chi connectivity index (χ4n) is 0.428. The van der Waals surface area contributed by atoms with Crippen molar-refractivity contribution in [3.8, 4) is 0 Å². The van der Waals surface area contributed by atoms with E-state index in [0.717, 1.165) is 17.2 Å². The normalized spacial score (nSPS) is 13.7. The van der Waals surface area contributed by atoms with Crippen LogP contribution in [0.5, 0.6) is 0 Å². The van der Waals surface area contributed by atoms with Crippen LogP contribution in [0.15, 0.2) is 10.2 Å². The van der Waals surface area contributed by atoms with E-state index in [1.54, 1.807) is 18.7 Å². The highest BCUT2D eigenvalue weighted by atomic mass is 32.2. The predicted octanol–water partition coefficient (Wildman–Crippen LogP) is 1.84. The Kier molecular flexibility index (Phi) is 5.93. The Balaban J connectivity index is 3.72. The largest absolute Gasteiger partial charge is 0.386 e. The number of amidine groups is 1. The van der Waals surface area contributed by atoms with E-state index in [1.807, 2.05) is 6.92 Å². The molecule has 0 amide bonds. The van der Waals surface area contributed by atoms with Crippen LogP contribution in [0.4, 0.5) is 0 Å². The summed E-state index contributed by atoms with van der Waals surface area (Å²) in [6.45, 7) is 5.80. The second kappa shape index (κ2) is 6.22. The van der Waals surface area contributed by atoms with E-state index in [9.17, 15) is 0 Å². The van der Waals surface area contributed by atoms with E-state index in [4.69, 9.17) is 5.73 Å². The summed E-state index contributed by atoms with van der Waals surface area (Å²) in [4.78, 5) is 0. The summed E-state index contributed by atoms with van der Waals surface area (Å²) in [7, 11) is 0. The van der Waals surface area contributed by atoms with Crippen LogP contribution in [0, 0.1) is 0 Å². The summed E-state index contributed by atoms with van der Waals surface area (Å²) in [6.07, 6.45) is 1.16. The molecular formula is C7H15N3S. The Morgan fingerprint density at radius 2 is 2.00 bits per heavy atom. The minimum Gasteiger partial charge on any atom is -0.386 e. The molecule has 0 fully saturated rings. The molecule has 0 saturated heterocycles. The van der Waals surface area contributed by atoms with Crippen molar-refractivity contribution in [3.05, 3.63) is 0 Å². The lowest BCUT2D eigenvalue weighted by Crippen LogP contribution is -2.04. The fourth-order valence-corrected chi connectivity index (χ4v) is 1.03. The molecule has 0 aromatic rings. The predicted molar refractivity (Wildman–Crippen MR) is 53.2 cm³/mol. The molecule has 0 aliphatic carbocycles. The Morgan fingerprint density at radius 3 is 2.45 bits per heavy atom. The van der Waals surface area contributed by atoms with Gasteiger partial charge in [0, 0.05) is 0 Å². The van der Waals surface area contributed by atoms with Gasteiger partial charge in [0.1, 0.15) is 5.84 Å². The summed E-state index contributed by atoms with van der Waals surface area (Å²) in [5.41, 5.74) is 5.30. The third-order valence-corrected chi connectivity index (χ3v) is 1.98. The lowest BCUT2D eigenvalue weighted by atomic mass is 10.6. The Bertz CT molecular complexity index is 159. The highest BCUT2D eigenvalue weighted by Gasteiger charge is 1.89. The van der Waals surface area contributed by atoms with Crippen molar-refractivity contribution in [2.45, 2.75) is 27.2 Å². The number of rotatable bonds is 3. The molecule has 11 heavy (non-hydrogen) atoms. The molecule has 0 unspecified atom stereocenters. The number of hydrogen-bond donors (Lipinski definition) is 1. The third kappa shape index (κ3) is 7.39. The first-order valence-corrected chi connectivity index (χ1v) is 4.62. The van der Waals surface area contributed by atoms with Crippen molar-refractivity contribution in [2.75, 3.05) is 5.75 Å². The Hall–Kier alpha value is -0.510. The Morgan fingerprint density at radius 1 is 1.36 bits per heavy atom. The van der Waals surface area contributed by atoms with Crippen LogP contribution < -0.4 is 5.73 Å². The lowest BCUT2D eigenvalue weighted by Gasteiger charge is -1.94. The standard InChI is InChI=1S/C7H15N3S/c1-4-5-11-7(3)10-9-6(2)8/h4-5H2,1-3H3,(H2,8,9)/b10-7+. The van der Waals surface area contributed by atoms with Gasteiger partial charge in [0.05, 0.1) is 5.04 Å². The summed E-state index contributed by atoms with van der Waals surface area (Å²) in [6, 6.07) is 0. The number of hydrogen-bond acceptors (Lipinski definition) is 3. The summed E-state index contributed by atoms with van der Waals surface area (Å²) in [5, 5.41) is 8.61. The molecular weight excluding hydrogens is 158 g/mol. The first-order valence-electron chi connectivity index (χ1n) is 3.64. The monoisotopic (exact) mass is 173 g/mol. The molecule has 0 aromatic heterocycles. The fraction of sp³-hybridized carbons (Fsp3) is 0.714. The molecule has 0 radical (unpaired) electrons. The molecule has 3 nitrogen and oxygen atoms in total. The van der Waals surface area contributed by atoms with Gasteiger partial charge in [0.2, 0.25) is 0 Å². The van der Waals surface area contributed by atoms with Crippen LogP contribution in [0.2, 0.25) is 0 Å². The molecule has 0 saturated carbocycles. The van der Waals surface area contributed by atoms with Crippen LogP contribution in [-0.4, -0.2) is 16.6 Å². The number of thioether (sulfide) groups is 1. The molecule has 64 valence electrons. The second-order valence-electron chi connectivity index (χ2n) is 2.21. The van der Waals surface area contributed by atoms with E-state index in [1.165, 1.54) is 0 Å². The van der Waals surface area contributed by atoms with Crippen LogP contribution >= 0.6 is 11.8 Å². The smallest absolute Gasteiger partial charge is 0.119 e. The van der Waals surface area contributed by atoms with Gasteiger partial charge in [0.25, 0.3) is 0 Å². The van der Waals surface area contributed by atoms with Gasteiger partial charge in [-0.1, -0.05) is 6.92 Å². The number of nitrogens with zero attached hydrogens (tertiary/aromatic N) is 2. The van der Waals surface area contributed by atoms with Crippen molar-refractivity contribution >= 4 is 22.6 Å². The highest BCUT2D eigenvalue weighted by Crippen LogP contribution is 2.04. The summed E-state index contributed by atoms with van der Waals surface area (Å²) < 4.78 is 0. The van der Waals surface area contributed by atoms with Gasteiger partial charge in [-0.25, -0.2) is 0 Å². The van der Waals surface area contributed by atoms with Crippen LogP contribution in [0.25, 0.3) is 0 Å². The second-order valence-corrected chi connectivity index (χ2v) is 3.50. The van der Waals surface area contributed by atoms with Crippen LogP contribution in [0.1, 0.15) is 27.2 Å². The topological polar surface area (TPSA) is 50.7 Å². The minimum absolute atomic E-state index is 0.501. The van der Waals surface area contributed by atoms with Gasteiger partial charge >= 0.3 is 0 Å². The number of nitrogens with two attached hydrogens (primary N) is 1. The van der Waals surface area contributed by atoms with Gasteiger partial charge in [-0.2, -0.15) is 0 Å². The molecule has 0 aliphatic heterocycles. The molecule has 0 aromatic carbocycles. The first kappa shape index (κ1) is 10.5. The third-order valence-electron chi connectivity index (χ3n) is 0.864. The maximum atomic E-state index is 5.30. The average molecular weight is 173 g/mol. The summed E-state index contributed by atoms with van der Waals surface area (Å²) in [5.74, 6) is 1.59. The average Bonchev–Trinajstić information content (AvgIpc) is 1.97. The van der Waals surface area contributed by atoms with Crippen LogP contribution in [-0.2, 0) is 0 Å². The van der Waals surface area contributed by atoms with E-state index in [-0.39, 0.29) is 0 Å². The lowest BCUT2D eigenvalue weighted by molar-refractivity contribution is 1.11. The van der Waals surface area contributed by atoms with Gasteiger partial charge in [-0.15, -0.1) is 22.0 Å². The quantitative estimate of drug-likeness (QED) is 0.402. The van der Waals surface area contributed by atoms with Gasteiger partial charge in [-0.3, -0.25) is 0 Å². The SMILES string of the molecule is CCCS/C(C)=N/N=C(\C)N. The first-order chi connectivity index (χ1) is 5.16. The molecule has 0 heterocycles.